The minimum atomic E-state index is 0.609. The second kappa shape index (κ2) is 5.41. The number of aryl methyl sites for hydroxylation is 2. The van der Waals surface area contributed by atoms with E-state index in [4.69, 9.17) is 4.74 Å². The van der Waals surface area contributed by atoms with Crippen LogP contribution in [-0.2, 0) is 13.2 Å². The second-order valence-corrected chi connectivity index (χ2v) is 5.01. The molecule has 0 aliphatic heterocycles. The van der Waals surface area contributed by atoms with Gasteiger partial charge in [0.05, 0.1) is 0 Å². The van der Waals surface area contributed by atoms with Crippen LogP contribution in [0, 0.1) is 6.92 Å². The maximum atomic E-state index is 5.98. The van der Waals surface area contributed by atoms with Crippen molar-refractivity contribution in [2.75, 3.05) is 0 Å². The van der Waals surface area contributed by atoms with Gasteiger partial charge >= 0.3 is 0 Å². The number of rotatable bonds is 4. The van der Waals surface area contributed by atoms with E-state index in [9.17, 15) is 0 Å². The Morgan fingerprint density at radius 2 is 1.75 bits per heavy atom. The molecule has 0 N–H and O–H groups in total. The van der Waals surface area contributed by atoms with E-state index in [1.54, 1.807) is 0 Å². The van der Waals surface area contributed by atoms with Crippen molar-refractivity contribution in [3.05, 3.63) is 65.9 Å². The van der Waals surface area contributed by atoms with Gasteiger partial charge in [-0.25, -0.2) is 0 Å². The average molecular weight is 265 g/mol. The van der Waals surface area contributed by atoms with Crippen molar-refractivity contribution in [3.8, 4) is 5.75 Å². The van der Waals surface area contributed by atoms with E-state index in [0.717, 1.165) is 12.3 Å². The van der Waals surface area contributed by atoms with Crippen LogP contribution in [0.25, 0.3) is 10.9 Å². The summed E-state index contributed by atoms with van der Waals surface area (Å²) in [6, 6.07) is 16.6. The SMILES string of the molecule is CCn1cc(COc2ccccc2C)c2ccccc21. The van der Waals surface area contributed by atoms with Crippen LogP contribution in [0.1, 0.15) is 18.1 Å². The minimum absolute atomic E-state index is 0.609. The molecule has 0 saturated heterocycles. The van der Waals surface area contributed by atoms with Gasteiger partial charge in [0.15, 0.2) is 0 Å². The molecule has 0 unspecified atom stereocenters. The van der Waals surface area contributed by atoms with Gasteiger partial charge in [-0.3, -0.25) is 0 Å². The van der Waals surface area contributed by atoms with E-state index < -0.39 is 0 Å². The molecule has 20 heavy (non-hydrogen) atoms. The largest absolute Gasteiger partial charge is 0.489 e. The van der Waals surface area contributed by atoms with E-state index in [0.29, 0.717) is 6.61 Å². The number of hydrogen-bond donors (Lipinski definition) is 0. The summed E-state index contributed by atoms with van der Waals surface area (Å²) in [5.74, 6) is 0.959. The van der Waals surface area contributed by atoms with Crippen molar-refractivity contribution in [3.63, 3.8) is 0 Å². The van der Waals surface area contributed by atoms with Gasteiger partial charge in [0.1, 0.15) is 12.4 Å². The van der Waals surface area contributed by atoms with Gasteiger partial charge in [-0.15, -0.1) is 0 Å². The van der Waals surface area contributed by atoms with Crippen LogP contribution in [-0.4, -0.2) is 4.57 Å². The van der Waals surface area contributed by atoms with Crippen molar-refractivity contribution in [2.24, 2.45) is 0 Å². The van der Waals surface area contributed by atoms with Crippen LogP contribution in [0.2, 0.25) is 0 Å². The number of para-hydroxylation sites is 2. The first-order chi connectivity index (χ1) is 9.79. The molecule has 0 aliphatic carbocycles. The quantitative estimate of drug-likeness (QED) is 0.675. The highest BCUT2D eigenvalue weighted by molar-refractivity contribution is 5.83. The van der Waals surface area contributed by atoms with E-state index in [2.05, 4.69) is 54.9 Å². The summed E-state index contributed by atoms with van der Waals surface area (Å²) in [7, 11) is 0. The molecule has 0 aliphatic rings. The predicted octanol–water partition coefficient (Wildman–Crippen LogP) is 4.55. The molecule has 0 bridgehead atoms. The molecule has 0 spiro atoms. The summed E-state index contributed by atoms with van der Waals surface area (Å²) in [4.78, 5) is 0. The van der Waals surface area contributed by atoms with E-state index in [-0.39, 0.29) is 0 Å². The highest BCUT2D eigenvalue weighted by Crippen LogP contribution is 2.24. The third-order valence-corrected chi connectivity index (χ3v) is 3.69. The van der Waals surface area contributed by atoms with Gasteiger partial charge in [0, 0.05) is 29.2 Å². The zero-order valence-corrected chi connectivity index (χ0v) is 12.0. The van der Waals surface area contributed by atoms with Gasteiger partial charge in [-0.2, -0.15) is 0 Å². The van der Waals surface area contributed by atoms with Crippen molar-refractivity contribution >= 4 is 10.9 Å². The Morgan fingerprint density at radius 3 is 2.55 bits per heavy atom. The molecule has 2 aromatic carbocycles. The first-order valence-corrected chi connectivity index (χ1v) is 7.04. The lowest BCUT2D eigenvalue weighted by atomic mass is 10.2. The Balaban J connectivity index is 1.90. The Kier molecular flexibility index (Phi) is 3.46. The average Bonchev–Trinajstić information content (AvgIpc) is 2.85. The van der Waals surface area contributed by atoms with Crippen molar-refractivity contribution in [1.82, 2.24) is 4.57 Å². The third kappa shape index (κ3) is 2.29. The molecule has 0 saturated carbocycles. The lowest BCUT2D eigenvalue weighted by molar-refractivity contribution is 0.305. The highest BCUT2D eigenvalue weighted by Gasteiger charge is 2.08. The molecular formula is C18H19NO. The topological polar surface area (TPSA) is 14.2 Å². The monoisotopic (exact) mass is 265 g/mol. The summed E-state index contributed by atoms with van der Waals surface area (Å²) < 4.78 is 8.25. The van der Waals surface area contributed by atoms with Crippen LogP contribution >= 0.6 is 0 Å². The molecule has 1 heterocycles. The molecule has 0 amide bonds. The van der Waals surface area contributed by atoms with Gasteiger partial charge in [0.2, 0.25) is 0 Å². The lowest BCUT2D eigenvalue weighted by Crippen LogP contribution is -1.96. The van der Waals surface area contributed by atoms with Crippen LogP contribution in [0.5, 0.6) is 5.75 Å². The van der Waals surface area contributed by atoms with Gasteiger partial charge in [0.25, 0.3) is 0 Å². The fourth-order valence-electron chi connectivity index (χ4n) is 2.57. The minimum Gasteiger partial charge on any atom is -0.489 e. The number of ether oxygens (including phenoxy) is 1. The molecule has 3 rings (SSSR count). The Hall–Kier alpha value is -2.22. The van der Waals surface area contributed by atoms with E-state index >= 15 is 0 Å². The van der Waals surface area contributed by atoms with Crippen LogP contribution in [0.4, 0.5) is 0 Å². The van der Waals surface area contributed by atoms with Crippen LogP contribution in [0.3, 0.4) is 0 Å². The number of fused-ring (bicyclic) bond motifs is 1. The molecule has 2 nitrogen and oxygen atoms in total. The Morgan fingerprint density at radius 1 is 1.00 bits per heavy atom. The number of benzene rings is 2. The standard InChI is InChI=1S/C18H19NO/c1-3-19-12-15(16-9-5-6-10-17(16)19)13-20-18-11-7-4-8-14(18)2/h4-12H,3,13H2,1-2H3. The fourth-order valence-corrected chi connectivity index (χ4v) is 2.57. The molecule has 0 radical (unpaired) electrons. The van der Waals surface area contributed by atoms with E-state index in [1.807, 2.05) is 18.2 Å². The fraction of sp³-hybridized carbons (Fsp3) is 0.222. The molecule has 3 aromatic rings. The summed E-state index contributed by atoms with van der Waals surface area (Å²) in [5, 5.41) is 1.28. The number of nitrogens with zero attached hydrogens (tertiary/aromatic N) is 1. The molecule has 0 atom stereocenters. The smallest absolute Gasteiger partial charge is 0.122 e. The summed E-state index contributed by atoms with van der Waals surface area (Å²) in [5.41, 5.74) is 3.69. The zero-order chi connectivity index (χ0) is 13.9. The van der Waals surface area contributed by atoms with Gasteiger partial charge in [-0.1, -0.05) is 36.4 Å². The van der Waals surface area contributed by atoms with Gasteiger partial charge < -0.3 is 9.30 Å². The molecule has 1 aromatic heterocycles. The maximum Gasteiger partial charge on any atom is 0.122 e. The van der Waals surface area contributed by atoms with Crippen molar-refractivity contribution < 1.29 is 4.74 Å². The second-order valence-electron chi connectivity index (χ2n) is 5.01. The maximum absolute atomic E-state index is 5.98. The number of aromatic nitrogens is 1. The molecule has 2 heteroatoms. The zero-order valence-electron chi connectivity index (χ0n) is 12.0. The first-order valence-electron chi connectivity index (χ1n) is 7.04. The normalized spacial score (nSPS) is 10.9. The Labute approximate surface area is 119 Å². The Bertz CT molecular complexity index is 727. The highest BCUT2D eigenvalue weighted by atomic mass is 16.5. The van der Waals surface area contributed by atoms with Crippen LogP contribution < -0.4 is 4.74 Å². The van der Waals surface area contributed by atoms with E-state index in [1.165, 1.54) is 22.0 Å². The summed E-state index contributed by atoms with van der Waals surface area (Å²) >= 11 is 0. The molecular weight excluding hydrogens is 246 g/mol. The molecule has 0 fully saturated rings. The summed E-state index contributed by atoms with van der Waals surface area (Å²) in [6.07, 6.45) is 2.20. The first kappa shape index (κ1) is 12.8. The van der Waals surface area contributed by atoms with Crippen LogP contribution in [0.15, 0.2) is 54.7 Å². The third-order valence-electron chi connectivity index (χ3n) is 3.69. The summed E-state index contributed by atoms with van der Waals surface area (Å²) in [6.45, 7) is 5.83. The predicted molar refractivity (Wildman–Crippen MR) is 83.1 cm³/mol. The number of hydrogen-bond acceptors (Lipinski definition) is 1. The molecule has 102 valence electrons. The van der Waals surface area contributed by atoms with Crippen molar-refractivity contribution in [2.45, 2.75) is 27.0 Å². The lowest BCUT2D eigenvalue weighted by Gasteiger charge is -2.08. The van der Waals surface area contributed by atoms with Gasteiger partial charge in [-0.05, 0) is 31.5 Å². The van der Waals surface area contributed by atoms with Crippen molar-refractivity contribution in [1.29, 1.82) is 0 Å².